The zero-order valence-electron chi connectivity index (χ0n) is 17.1. The zero-order chi connectivity index (χ0) is 20.8. The van der Waals surface area contributed by atoms with Gasteiger partial charge in [0.15, 0.2) is 0 Å². The number of hydrogen-bond donors (Lipinski definition) is 1. The lowest BCUT2D eigenvalue weighted by Gasteiger charge is -2.36. The molecular weight excluding hydrogens is 370 g/mol. The molecule has 2 amide bonds. The van der Waals surface area contributed by atoms with Crippen molar-refractivity contribution in [3.8, 4) is 5.75 Å². The third kappa shape index (κ3) is 4.99. The smallest absolute Gasteiger partial charge is 0.339 e. The lowest BCUT2D eigenvalue weighted by molar-refractivity contribution is 0.0601. The predicted molar refractivity (Wildman–Crippen MR) is 113 cm³/mol. The Balaban J connectivity index is 1.63. The average molecular weight is 397 g/mol. The van der Waals surface area contributed by atoms with Crippen LogP contribution in [0.3, 0.4) is 0 Å². The maximum Gasteiger partial charge on any atom is 0.339 e. The molecule has 0 spiro atoms. The molecule has 2 aromatic rings. The lowest BCUT2D eigenvalue weighted by atomic mass is 10.1. The molecule has 1 aliphatic rings. The molecule has 0 aliphatic carbocycles. The van der Waals surface area contributed by atoms with Gasteiger partial charge >= 0.3 is 12.0 Å². The van der Waals surface area contributed by atoms with Gasteiger partial charge in [-0.05, 0) is 38.1 Å². The van der Waals surface area contributed by atoms with E-state index in [2.05, 4.69) is 10.2 Å². The molecule has 2 aromatic carbocycles. The third-order valence-electron chi connectivity index (χ3n) is 4.71. The van der Waals surface area contributed by atoms with Crippen molar-refractivity contribution in [2.24, 2.45) is 0 Å². The van der Waals surface area contributed by atoms with Gasteiger partial charge in [-0.1, -0.05) is 24.3 Å². The first kappa shape index (κ1) is 20.5. The average Bonchev–Trinajstić information content (AvgIpc) is 2.74. The molecule has 7 nitrogen and oxygen atoms in total. The quantitative estimate of drug-likeness (QED) is 0.781. The van der Waals surface area contributed by atoms with E-state index >= 15 is 0 Å². The third-order valence-corrected chi connectivity index (χ3v) is 4.71. The summed E-state index contributed by atoms with van der Waals surface area (Å²) in [5.41, 5.74) is 2.02. The maximum atomic E-state index is 12.7. The Labute approximate surface area is 171 Å². The number of amides is 2. The van der Waals surface area contributed by atoms with Crippen molar-refractivity contribution in [3.63, 3.8) is 0 Å². The van der Waals surface area contributed by atoms with Crippen molar-refractivity contribution in [2.75, 3.05) is 43.5 Å². The molecule has 1 fully saturated rings. The largest absolute Gasteiger partial charge is 0.489 e. The fourth-order valence-electron chi connectivity index (χ4n) is 3.30. The minimum Gasteiger partial charge on any atom is -0.489 e. The summed E-state index contributed by atoms with van der Waals surface area (Å²) in [6.45, 7) is 6.26. The van der Waals surface area contributed by atoms with E-state index < -0.39 is 0 Å². The molecule has 1 heterocycles. The van der Waals surface area contributed by atoms with E-state index in [1.165, 1.54) is 7.11 Å². The fourth-order valence-corrected chi connectivity index (χ4v) is 3.30. The first-order chi connectivity index (χ1) is 14.0. The Morgan fingerprint density at radius 1 is 0.966 bits per heavy atom. The van der Waals surface area contributed by atoms with E-state index in [9.17, 15) is 9.59 Å². The minimum atomic E-state index is -0.359. The molecule has 0 saturated carbocycles. The van der Waals surface area contributed by atoms with E-state index in [0.29, 0.717) is 43.2 Å². The van der Waals surface area contributed by atoms with Crippen LogP contribution in [0.4, 0.5) is 16.2 Å². The molecule has 0 aromatic heterocycles. The second kappa shape index (κ2) is 9.32. The Morgan fingerprint density at radius 3 is 2.31 bits per heavy atom. The molecular formula is C22H27N3O4. The number of para-hydroxylation sites is 3. The topological polar surface area (TPSA) is 71.1 Å². The number of carbonyl (C=O) groups is 2. The summed E-state index contributed by atoms with van der Waals surface area (Å²) in [4.78, 5) is 28.6. The summed E-state index contributed by atoms with van der Waals surface area (Å²) < 4.78 is 10.6. The normalized spacial score (nSPS) is 13.9. The number of nitrogens with zero attached hydrogens (tertiary/aromatic N) is 2. The molecule has 0 unspecified atom stereocenters. The highest BCUT2D eigenvalue weighted by molar-refractivity contribution is 5.96. The maximum absolute atomic E-state index is 12.7. The molecule has 1 N–H and O–H groups in total. The summed E-state index contributed by atoms with van der Waals surface area (Å²) in [6.07, 6.45) is 0.0199. The molecule has 0 bridgehead atoms. The second-order valence-electron chi connectivity index (χ2n) is 7.08. The van der Waals surface area contributed by atoms with Crippen LogP contribution < -0.4 is 15.0 Å². The van der Waals surface area contributed by atoms with Crippen LogP contribution in [-0.4, -0.2) is 56.3 Å². The summed E-state index contributed by atoms with van der Waals surface area (Å²) >= 11 is 0. The molecule has 29 heavy (non-hydrogen) atoms. The minimum absolute atomic E-state index is 0.0199. The van der Waals surface area contributed by atoms with Crippen LogP contribution in [0.2, 0.25) is 0 Å². The Bertz CT molecular complexity index is 861. The Hall–Kier alpha value is -3.22. The number of rotatable bonds is 5. The Kier molecular flexibility index (Phi) is 6.59. The molecule has 1 aliphatic heterocycles. The van der Waals surface area contributed by atoms with Crippen molar-refractivity contribution in [3.05, 3.63) is 54.1 Å². The van der Waals surface area contributed by atoms with Crippen LogP contribution >= 0.6 is 0 Å². The number of benzene rings is 2. The highest BCUT2D eigenvalue weighted by Gasteiger charge is 2.24. The van der Waals surface area contributed by atoms with Crippen molar-refractivity contribution in [1.82, 2.24) is 4.90 Å². The number of anilines is 2. The van der Waals surface area contributed by atoms with Gasteiger partial charge in [0.2, 0.25) is 0 Å². The van der Waals surface area contributed by atoms with Gasteiger partial charge in [-0.25, -0.2) is 9.59 Å². The number of esters is 1. The van der Waals surface area contributed by atoms with Crippen LogP contribution in [0.1, 0.15) is 24.2 Å². The first-order valence-electron chi connectivity index (χ1n) is 9.73. The van der Waals surface area contributed by atoms with Crippen LogP contribution in [0.15, 0.2) is 48.5 Å². The van der Waals surface area contributed by atoms with E-state index in [1.807, 2.05) is 56.3 Å². The summed E-state index contributed by atoms with van der Waals surface area (Å²) in [5.74, 6) is 0.295. The second-order valence-corrected chi connectivity index (χ2v) is 7.08. The first-order valence-corrected chi connectivity index (χ1v) is 9.73. The van der Waals surface area contributed by atoms with Crippen molar-refractivity contribution in [2.45, 2.75) is 20.0 Å². The molecule has 1 saturated heterocycles. The van der Waals surface area contributed by atoms with Gasteiger partial charge in [0, 0.05) is 26.2 Å². The van der Waals surface area contributed by atoms with Crippen LogP contribution in [-0.2, 0) is 4.74 Å². The van der Waals surface area contributed by atoms with E-state index in [1.54, 1.807) is 11.0 Å². The number of carbonyl (C=O) groups excluding carboxylic acids is 2. The van der Waals surface area contributed by atoms with Gasteiger partial charge in [0.1, 0.15) is 5.75 Å². The van der Waals surface area contributed by atoms with E-state index in [0.717, 1.165) is 5.69 Å². The zero-order valence-corrected chi connectivity index (χ0v) is 17.1. The standard InChI is InChI=1S/C22H27N3O4/c1-16(2)29-20-11-7-5-9-18(20)23-22(27)25-14-12-24(13-15-25)19-10-6-4-8-17(19)21(26)28-3/h4-11,16H,12-15H2,1-3H3,(H,23,27). The summed E-state index contributed by atoms with van der Waals surface area (Å²) in [6, 6.07) is 14.6. The highest BCUT2D eigenvalue weighted by Crippen LogP contribution is 2.26. The van der Waals surface area contributed by atoms with Crippen LogP contribution in [0, 0.1) is 0 Å². The van der Waals surface area contributed by atoms with Gasteiger partial charge < -0.3 is 24.6 Å². The van der Waals surface area contributed by atoms with Crippen molar-refractivity contribution < 1.29 is 19.1 Å². The van der Waals surface area contributed by atoms with Gasteiger partial charge in [0.05, 0.1) is 30.2 Å². The molecule has 154 valence electrons. The van der Waals surface area contributed by atoms with Gasteiger partial charge in [0.25, 0.3) is 0 Å². The molecule has 7 heteroatoms. The predicted octanol–water partition coefficient (Wildman–Crippen LogP) is 3.61. The van der Waals surface area contributed by atoms with Gasteiger partial charge in [-0.3, -0.25) is 0 Å². The van der Waals surface area contributed by atoms with Gasteiger partial charge in [-0.2, -0.15) is 0 Å². The summed E-state index contributed by atoms with van der Waals surface area (Å²) in [5, 5.41) is 2.95. The molecule has 0 radical (unpaired) electrons. The number of hydrogen-bond acceptors (Lipinski definition) is 5. The van der Waals surface area contributed by atoms with Gasteiger partial charge in [-0.15, -0.1) is 0 Å². The molecule has 3 rings (SSSR count). The lowest BCUT2D eigenvalue weighted by Crippen LogP contribution is -2.50. The number of nitrogens with one attached hydrogen (secondary N) is 1. The number of piperazine rings is 1. The van der Waals surface area contributed by atoms with Crippen molar-refractivity contribution in [1.29, 1.82) is 0 Å². The highest BCUT2D eigenvalue weighted by atomic mass is 16.5. The van der Waals surface area contributed by atoms with Crippen molar-refractivity contribution >= 4 is 23.4 Å². The Morgan fingerprint density at radius 2 is 1.62 bits per heavy atom. The molecule has 0 atom stereocenters. The van der Waals surface area contributed by atoms with E-state index in [-0.39, 0.29) is 18.1 Å². The fraction of sp³-hybridized carbons (Fsp3) is 0.364. The van der Waals surface area contributed by atoms with Crippen LogP contribution in [0.5, 0.6) is 5.75 Å². The van der Waals surface area contributed by atoms with Crippen LogP contribution in [0.25, 0.3) is 0 Å². The number of methoxy groups -OCH3 is 1. The summed E-state index contributed by atoms with van der Waals surface area (Å²) in [7, 11) is 1.38. The number of urea groups is 1. The monoisotopic (exact) mass is 397 g/mol. The number of ether oxygens (including phenoxy) is 2. The SMILES string of the molecule is COC(=O)c1ccccc1N1CCN(C(=O)Nc2ccccc2OC(C)C)CC1. The van der Waals surface area contributed by atoms with E-state index in [4.69, 9.17) is 9.47 Å².